The number of rotatable bonds is 8. The Labute approximate surface area is 275 Å². The Morgan fingerprint density at radius 1 is 1.23 bits per heavy atom. The van der Waals surface area contributed by atoms with Gasteiger partial charge in [0, 0.05) is 61.4 Å². The van der Waals surface area contributed by atoms with E-state index in [0.717, 1.165) is 18.4 Å². The maximum Gasteiger partial charge on any atom is 0.254 e. The Hall–Kier alpha value is -4.77. The van der Waals surface area contributed by atoms with Crippen LogP contribution in [0.4, 0.5) is 15.9 Å². The number of carbonyl (C=O) groups excluding carboxylic acids is 2. The first kappa shape index (κ1) is 32.2. The maximum atomic E-state index is 14.9. The molecule has 2 saturated heterocycles. The molecule has 244 valence electrons. The number of piperazine rings is 1. The van der Waals surface area contributed by atoms with Crippen molar-refractivity contribution in [1.29, 1.82) is 5.26 Å². The lowest BCUT2D eigenvalue weighted by Gasteiger charge is -2.40. The number of hydrogen-bond donors (Lipinski definition) is 3. The zero-order valence-electron chi connectivity index (χ0n) is 25.7. The van der Waals surface area contributed by atoms with Gasteiger partial charge >= 0.3 is 0 Å². The fourth-order valence-corrected chi connectivity index (χ4v) is 6.47. The van der Waals surface area contributed by atoms with Crippen molar-refractivity contribution in [1.82, 2.24) is 29.5 Å². The van der Waals surface area contributed by atoms with Gasteiger partial charge in [-0.25, -0.2) is 14.4 Å². The molecule has 2 unspecified atom stereocenters. The summed E-state index contributed by atoms with van der Waals surface area (Å²) < 4.78 is 21.7. The lowest BCUT2D eigenvalue weighted by atomic mass is 9.97. The van der Waals surface area contributed by atoms with Crippen LogP contribution < -0.4 is 15.4 Å². The minimum atomic E-state index is -0.772. The van der Waals surface area contributed by atoms with Crippen LogP contribution in [0.2, 0.25) is 5.02 Å². The van der Waals surface area contributed by atoms with Gasteiger partial charge in [0.05, 0.1) is 23.5 Å². The van der Waals surface area contributed by atoms with E-state index in [1.165, 1.54) is 6.07 Å². The molecule has 4 aromatic rings. The molecule has 2 aliphatic rings. The molecule has 2 aromatic carbocycles. The SMILES string of the molecule is Cc1cc(Nc2nccn3c(-c4ccc(OCC#N)c(F)c4Cl)cnc23)ccc1C(=O)N1CCCCC1C(=O)N1CCNC(CO)C1. The second-order valence-corrected chi connectivity index (χ2v) is 12.0. The van der Waals surface area contributed by atoms with Gasteiger partial charge < -0.3 is 30.3 Å². The first-order valence-corrected chi connectivity index (χ1v) is 15.8. The van der Waals surface area contributed by atoms with Crippen LogP contribution in [0, 0.1) is 24.1 Å². The van der Waals surface area contributed by atoms with Crippen molar-refractivity contribution in [3.8, 4) is 23.1 Å². The summed E-state index contributed by atoms with van der Waals surface area (Å²) in [6, 6.07) is 9.49. The Kier molecular flexibility index (Phi) is 9.53. The lowest BCUT2D eigenvalue weighted by Crippen LogP contribution is -2.59. The van der Waals surface area contributed by atoms with E-state index in [1.54, 1.807) is 57.1 Å². The predicted octanol–water partition coefficient (Wildman–Crippen LogP) is 3.93. The number of nitrogens with one attached hydrogen (secondary N) is 2. The molecule has 47 heavy (non-hydrogen) atoms. The van der Waals surface area contributed by atoms with Gasteiger partial charge in [-0.2, -0.15) is 5.26 Å². The number of likely N-dealkylation sites (tertiary alicyclic amines) is 1. The summed E-state index contributed by atoms with van der Waals surface area (Å²) in [5.41, 5.74) is 3.29. The van der Waals surface area contributed by atoms with E-state index in [1.807, 2.05) is 13.0 Å². The zero-order chi connectivity index (χ0) is 33.1. The number of amides is 2. The van der Waals surface area contributed by atoms with Gasteiger partial charge in [-0.3, -0.25) is 14.0 Å². The number of imidazole rings is 1. The highest BCUT2D eigenvalue weighted by molar-refractivity contribution is 6.33. The van der Waals surface area contributed by atoms with Crippen molar-refractivity contribution >= 4 is 40.6 Å². The summed E-state index contributed by atoms with van der Waals surface area (Å²) in [7, 11) is 0. The van der Waals surface area contributed by atoms with Crippen molar-refractivity contribution in [3.63, 3.8) is 0 Å². The number of aliphatic hydroxyl groups is 1. The summed E-state index contributed by atoms with van der Waals surface area (Å²) in [4.78, 5) is 39.8. The topological polar surface area (TPSA) is 148 Å². The number of aromatic nitrogens is 3. The van der Waals surface area contributed by atoms with Crippen molar-refractivity contribution in [3.05, 3.63) is 70.9 Å². The molecule has 2 atom stereocenters. The predicted molar refractivity (Wildman–Crippen MR) is 173 cm³/mol. The first-order valence-electron chi connectivity index (χ1n) is 15.4. The molecular formula is C33H34ClFN8O4. The quantitative estimate of drug-likeness (QED) is 0.256. The minimum absolute atomic E-state index is 0.0502. The van der Waals surface area contributed by atoms with E-state index in [4.69, 9.17) is 21.6 Å². The molecule has 12 nitrogen and oxygen atoms in total. The number of carbonyl (C=O) groups is 2. The van der Waals surface area contributed by atoms with Gasteiger partial charge in [0.25, 0.3) is 5.91 Å². The van der Waals surface area contributed by atoms with Gasteiger partial charge in [-0.15, -0.1) is 0 Å². The number of fused-ring (bicyclic) bond motifs is 1. The summed E-state index contributed by atoms with van der Waals surface area (Å²) in [5.74, 6) is -0.715. The van der Waals surface area contributed by atoms with Crippen molar-refractivity contribution in [2.24, 2.45) is 0 Å². The molecule has 0 saturated carbocycles. The van der Waals surface area contributed by atoms with E-state index in [0.29, 0.717) is 66.6 Å². The fourth-order valence-electron chi connectivity index (χ4n) is 6.22. The maximum absolute atomic E-state index is 14.9. The minimum Gasteiger partial charge on any atom is -0.476 e. The van der Waals surface area contributed by atoms with Crippen molar-refractivity contribution in [2.75, 3.05) is 44.7 Å². The summed E-state index contributed by atoms with van der Waals surface area (Å²) >= 11 is 6.36. The Morgan fingerprint density at radius 2 is 2.09 bits per heavy atom. The number of benzene rings is 2. The van der Waals surface area contributed by atoms with E-state index in [9.17, 15) is 19.1 Å². The highest BCUT2D eigenvalue weighted by Gasteiger charge is 2.37. The average Bonchev–Trinajstić information content (AvgIpc) is 3.53. The molecule has 0 spiro atoms. The van der Waals surface area contributed by atoms with Crippen LogP contribution in [0.1, 0.15) is 35.2 Å². The van der Waals surface area contributed by atoms with Crippen LogP contribution in [-0.4, -0.2) is 92.6 Å². The smallest absolute Gasteiger partial charge is 0.254 e. The van der Waals surface area contributed by atoms with Crippen LogP contribution >= 0.6 is 11.6 Å². The van der Waals surface area contributed by atoms with E-state index < -0.39 is 11.9 Å². The monoisotopic (exact) mass is 660 g/mol. The average molecular weight is 661 g/mol. The molecule has 4 heterocycles. The summed E-state index contributed by atoms with van der Waals surface area (Å²) in [5, 5.41) is 24.6. The number of hydrogen-bond acceptors (Lipinski definition) is 9. The number of nitriles is 1. The van der Waals surface area contributed by atoms with E-state index in [2.05, 4.69) is 20.6 Å². The number of aryl methyl sites for hydroxylation is 1. The molecular weight excluding hydrogens is 627 g/mol. The molecule has 0 radical (unpaired) electrons. The van der Waals surface area contributed by atoms with Gasteiger partial charge in [0.2, 0.25) is 5.91 Å². The van der Waals surface area contributed by atoms with Gasteiger partial charge in [-0.05, 0) is 62.1 Å². The first-order chi connectivity index (χ1) is 22.8. The number of nitrogens with zero attached hydrogens (tertiary/aromatic N) is 6. The Morgan fingerprint density at radius 3 is 2.87 bits per heavy atom. The summed E-state index contributed by atoms with van der Waals surface area (Å²) in [6.45, 7) is 3.56. The third-order valence-corrected chi connectivity index (χ3v) is 8.97. The van der Waals surface area contributed by atoms with Crippen LogP contribution in [0.15, 0.2) is 48.9 Å². The molecule has 2 aromatic heterocycles. The highest BCUT2D eigenvalue weighted by Crippen LogP contribution is 2.36. The lowest BCUT2D eigenvalue weighted by molar-refractivity contribution is -0.138. The van der Waals surface area contributed by atoms with Gasteiger partial charge in [-0.1, -0.05) is 11.6 Å². The largest absolute Gasteiger partial charge is 0.476 e. The highest BCUT2D eigenvalue weighted by atomic mass is 35.5. The van der Waals surface area contributed by atoms with Gasteiger partial charge in [0.15, 0.2) is 29.6 Å². The van der Waals surface area contributed by atoms with Crippen LogP contribution in [-0.2, 0) is 4.79 Å². The number of aliphatic hydroxyl groups excluding tert-OH is 1. The van der Waals surface area contributed by atoms with Crippen LogP contribution in [0.3, 0.4) is 0 Å². The number of halogens is 2. The Bertz CT molecular complexity index is 1860. The molecule has 0 bridgehead atoms. The van der Waals surface area contributed by atoms with E-state index >= 15 is 0 Å². The molecule has 6 rings (SSSR count). The molecule has 3 N–H and O–H groups in total. The second-order valence-electron chi connectivity index (χ2n) is 11.6. The third kappa shape index (κ3) is 6.44. The number of ether oxygens (including phenoxy) is 1. The molecule has 0 aliphatic carbocycles. The van der Waals surface area contributed by atoms with Crippen LogP contribution in [0.5, 0.6) is 5.75 Å². The molecule has 14 heteroatoms. The molecule has 2 amide bonds. The number of piperidine rings is 1. The number of anilines is 2. The zero-order valence-corrected chi connectivity index (χ0v) is 26.5. The standard InChI is InChI=1S/C33H34ClFN8O4/c1-20-16-21(5-6-23(20)32(45)43-12-3-2-4-25(43)33(46)41-13-10-37-22(18-41)19-44)40-30-31-39-17-26(42(31)14-11-38-30)24-7-8-27(47-15-9-36)29(35)28(24)34/h5-8,11,14,16-17,22,25,37,44H,2-4,10,12-13,15,18-19H2,1H3,(H,38,40). The van der Waals surface area contributed by atoms with Crippen molar-refractivity contribution < 1.29 is 23.8 Å². The van der Waals surface area contributed by atoms with E-state index in [-0.39, 0.29) is 41.8 Å². The van der Waals surface area contributed by atoms with Gasteiger partial charge in [0.1, 0.15) is 12.1 Å². The van der Waals surface area contributed by atoms with Crippen LogP contribution in [0.25, 0.3) is 16.9 Å². The second kappa shape index (κ2) is 13.9. The normalized spacial score (nSPS) is 18.2. The summed E-state index contributed by atoms with van der Waals surface area (Å²) in [6.07, 6.45) is 7.13. The van der Waals surface area contributed by atoms with Crippen molar-refractivity contribution in [2.45, 2.75) is 38.3 Å². The molecule has 2 fully saturated rings. The fraction of sp³-hybridized carbons (Fsp3) is 0.364. The third-order valence-electron chi connectivity index (χ3n) is 8.60. The molecule has 2 aliphatic heterocycles. The Balaban J connectivity index is 1.21.